The molecule has 0 fully saturated rings. The average molecular weight is 260 g/mol. The fraction of sp³-hybridized carbons (Fsp3) is 0.143. The minimum atomic E-state index is -4.49. The molecule has 0 heterocycles. The van der Waals surface area contributed by atoms with Crippen LogP contribution < -0.4 is 4.24 Å². The molecule has 0 saturated heterocycles. The van der Waals surface area contributed by atoms with Crippen molar-refractivity contribution in [2.75, 3.05) is 0 Å². The van der Waals surface area contributed by atoms with Crippen LogP contribution in [0, 0.1) is 0 Å². The molecule has 0 aliphatic carbocycles. The van der Waals surface area contributed by atoms with Crippen LogP contribution in [-0.4, -0.2) is 8.42 Å². The van der Waals surface area contributed by atoms with Crippen molar-refractivity contribution in [3.63, 3.8) is 0 Å². The van der Waals surface area contributed by atoms with Crippen molar-refractivity contribution in [1.29, 1.82) is 0 Å². The van der Waals surface area contributed by atoms with E-state index >= 15 is 0 Å². The molecule has 15 heavy (non-hydrogen) atoms. The highest BCUT2D eigenvalue weighted by atomic mass is 35.5. The van der Waals surface area contributed by atoms with Gasteiger partial charge in [-0.05, 0) is 36.0 Å². The van der Waals surface area contributed by atoms with Crippen LogP contribution in [0.5, 0.6) is 0 Å². The van der Waals surface area contributed by atoms with Crippen molar-refractivity contribution in [1.82, 2.24) is 4.24 Å². The van der Waals surface area contributed by atoms with Gasteiger partial charge in [-0.25, -0.2) is 8.42 Å². The quantitative estimate of drug-likeness (QED) is 0.827. The van der Waals surface area contributed by atoms with E-state index in [9.17, 15) is 21.6 Å². The zero-order chi connectivity index (χ0) is 11.7. The lowest BCUT2D eigenvalue weighted by Gasteiger charge is -2.06. The molecule has 3 nitrogen and oxygen atoms in total. The minimum Gasteiger partial charge on any atom is -0.206 e. The highest BCUT2D eigenvalue weighted by Gasteiger charge is 2.30. The van der Waals surface area contributed by atoms with Crippen LogP contribution in [0.1, 0.15) is 5.56 Å². The number of rotatable bonds is 2. The van der Waals surface area contributed by atoms with E-state index in [1.165, 1.54) is 4.24 Å². The van der Waals surface area contributed by atoms with Crippen molar-refractivity contribution in [2.45, 2.75) is 11.1 Å². The molecule has 1 aromatic carbocycles. The van der Waals surface area contributed by atoms with Crippen molar-refractivity contribution in [3.05, 3.63) is 29.8 Å². The first-order valence-electron chi connectivity index (χ1n) is 3.57. The molecular formula is C7H5ClF3NO2S. The first-order valence-corrected chi connectivity index (χ1v) is 5.43. The Morgan fingerprint density at radius 2 is 1.60 bits per heavy atom. The largest absolute Gasteiger partial charge is 0.416 e. The monoisotopic (exact) mass is 259 g/mol. The van der Waals surface area contributed by atoms with Crippen LogP contribution in [0.25, 0.3) is 0 Å². The lowest BCUT2D eigenvalue weighted by atomic mass is 10.2. The maximum atomic E-state index is 12.1. The molecule has 0 unspecified atom stereocenters. The average Bonchev–Trinajstić information content (AvgIpc) is 2.17. The molecule has 0 saturated carbocycles. The lowest BCUT2D eigenvalue weighted by Crippen LogP contribution is -2.14. The van der Waals surface area contributed by atoms with E-state index in [1.807, 2.05) is 0 Å². The number of sulfonamides is 1. The van der Waals surface area contributed by atoms with Gasteiger partial charge in [0, 0.05) is 0 Å². The van der Waals surface area contributed by atoms with Gasteiger partial charge < -0.3 is 0 Å². The standard InChI is InChI=1S/C7H5ClF3NO2S/c8-12-15(13,14)6-3-1-5(2-4-6)7(9,10)11/h1-4,12H. The number of benzene rings is 1. The Bertz CT molecular complexity index is 440. The second-order valence-electron chi connectivity index (χ2n) is 2.60. The molecule has 1 aromatic rings. The van der Waals surface area contributed by atoms with Gasteiger partial charge in [0.15, 0.2) is 0 Å². The Labute approximate surface area is 89.0 Å². The number of alkyl halides is 3. The number of nitrogens with one attached hydrogen (secondary N) is 1. The van der Waals surface area contributed by atoms with Gasteiger partial charge in [0.1, 0.15) is 0 Å². The summed E-state index contributed by atoms with van der Waals surface area (Å²) in [5, 5.41) is 0. The lowest BCUT2D eigenvalue weighted by molar-refractivity contribution is -0.137. The number of hydrogen-bond donors (Lipinski definition) is 1. The van der Waals surface area contributed by atoms with Crippen molar-refractivity contribution < 1.29 is 21.6 Å². The van der Waals surface area contributed by atoms with Gasteiger partial charge in [-0.3, -0.25) is 0 Å². The van der Waals surface area contributed by atoms with Crippen molar-refractivity contribution in [3.8, 4) is 0 Å². The van der Waals surface area contributed by atoms with Gasteiger partial charge in [-0.1, -0.05) is 0 Å². The summed E-state index contributed by atoms with van der Waals surface area (Å²) in [4.78, 5) is -0.328. The summed E-state index contributed by atoms with van der Waals surface area (Å²) in [6.07, 6.45) is -4.49. The smallest absolute Gasteiger partial charge is 0.206 e. The fourth-order valence-corrected chi connectivity index (χ4v) is 1.72. The van der Waals surface area contributed by atoms with Crippen molar-refractivity contribution >= 4 is 21.8 Å². The van der Waals surface area contributed by atoms with Gasteiger partial charge in [0.25, 0.3) is 10.0 Å². The van der Waals surface area contributed by atoms with Crippen molar-refractivity contribution in [2.24, 2.45) is 0 Å². The number of hydrogen-bond acceptors (Lipinski definition) is 2. The molecule has 0 spiro atoms. The summed E-state index contributed by atoms with van der Waals surface area (Å²) in [6, 6.07) is 2.99. The van der Waals surface area contributed by atoms with Crippen LogP contribution in [0.2, 0.25) is 0 Å². The van der Waals surface area contributed by atoms with E-state index in [0.717, 1.165) is 12.1 Å². The van der Waals surface area contributed by atoms with Crippen LogP contribution in [0.3, 0.4) is 0 Å². The Kier molecular flexibility index (Phi) is 3.27. The molecule has 0 atom stereocenters. The molecule has 0 amide bonds. The van der Waals surface area contributed by atoms with Gasteiger partial charge in [-0.2, -0.15) is 13.2 Å². The molecule has 0 aliphatic rings. The van der Waals surface area contributed by atoms with Gasteiger partial charge in [0.2, 0.25) is 0 Å². The van der Waals surface area contributed by atoms with Gasteiger partial charge in [0.05, 0.1) is 10.5 Å². The first kappa shape index (κ1) is 12.3. The van der Waals surface area contributed by atoms with Crippen LogP contribution >= 0.6 is 11.8 Å². The highest BCUT2D eigenvalue weighted by Crippen LogP contribution is 2.29. The first-order chi connectivity index (χ1) is 6.77. The molecule has 0 aliphatic heterocycles. The topological polar surface area (TPSA) is 46.2 Å². The van der Waals surface area contributed by atoms with Crippen LogP contribution in [-0.2, 0) is 16.2 Å². The molecule has 0 bridgehead atoms. The predicted octanol–water partition coefficient (Wildman–Crippen LogP) is 2.14. The molecule has 0 aromatic heterocycles. The zero-order valence-corrected chi connectivity index (χ0v) is 8.62. The highest BCUT2D eigenvalue weighted by molar-refractivity contribution is 7.90. The third-order valence-electron chi connectivity index (χ3n) is 1.59. The summed E-state index contributed by atoms with van der Waals surface area (Å²) in [7, 11) is -3.91. The summed E-state index contributed by atoms with van der Waals surface area (Å²) in [6.45, 7) is 0. The molecule has 0 radical (unpaired) electrons. The SMILES string of the molecule is O=S(=O)(NCl)c1ccc(C(F)(F)F)cc1. The second-order valence-corrected chi connectivity index (χ2v) is 4.70. The molecule has 8 heteroatoms. The Hall–Kier alpha value is -0.790. The summed E-state index contributed by atoms with van der Waals surface area (Å²) >= 11 is 4.90. The maximum Gasteiger partial charge on any atom is 0.416 e. The third kappa shape index (κ3) is 2.83. The van der Waals surface area contributed by atoms with E-state index < -0.39 is 21.8 Å². The van der Waals surface area contributed by atoms with E-state index in [1.54, 1.807) is 0 Å². The molecule has 1 rings (SSSR count). The summed E-state index contributed by atoms with van der Waals surface area (Å²) < 4.78 is 59.9. The summed E-state index contributed by atoms with van der Waals surface area (Å²) in [5.41, 5.74) is -0.920. The number of halogens is 4. The van der Waals surface area contributed by atoms with Crippen LogP contribution in [0.4, 0.5) is 13.2 Å². The van der Waals surface area contributed by atoms with Gasteiger partial charge >= 0.3 is 6.18 Å². The zero-order valence-electron chi connectivity index (χ0n) is 7.05. The Morgan fingerprint density at radius 3 is 1.93 bits per heavy atom. The molecule has 1 N–H and O–H groups in total. The van der Waals surface area contributed by atoms with E-state index in [-0.39, 0.29) is 4.90 Å². The molecular weight excluding hydrogens is 255 g/mol. The fourth-order valence-electron chi connectivity index (χ4n) is 0.868. The second kappa shape index (κ2) is 3.99. The third-order valence-corrected chi connectivity index (χ3v) is 3.30. The van der Waals surface area contributed by atoms with Crippen LogP contribution in [0.15, 0.2) is 29.2 Å². The summed E-state index contributed by atoms with van der Waals surface area (Å²) in [5.74, 6) is 0. The van der Waals surface area contributed by atoms with E-state index in [0.29, 0.717) is 12.1 Å². The van der Waals surface area contributed by atoms with Gasteiger partial charge in [-0.15, -0.1) is 4.24 Å². The maximum absolute atomic E-state index is 12.1. The van der Waals surface area contributed by atoms with E-state index in [4.69, 9.17) is 11.8 Å². The predicted molar refractivity (Wildman–Crippen MR) is 47.6 cm³/mol. The van der Waals surface area contributed by atoms with E-state index in [2.05, 4.69) is 0 Å². The minimum absolute atomic E-state index is 0.328. The Balaban J connectivity index is 3.12. The Morgan fingerprint density at radius 1 is 1.13 bits per heavy atom. The normalized spacial score (nSPS) is 12.8. The molecule has 84 valence electrons.